The van der Waals surface area contributed by atoms with Gasteiger partial charge in [-0.3, -0.25) is 4.79 Å². The van der Waals surface area contributed by atoms with E-state index in [1.807, 2.05) is 62.4 Å². The van der Waals surface area contributed by atoms with Gasteiger partial charge in [-0.1, -0.05) is 44.2 Å². The molecule has 1 atom stereocenters. The van der Waals surface area contributed by atoms with E-state index in [4.69, 9.17) is 9.47 Å². The highest BCUT2D eigenvalue weighted by Gasteiger charge is 2.30. The highest BCUT2D eigenvalue weighted by atomic mass is 16.5. The van der Waals surface area contributed by atoms with Crippen LogP contribution in [0.1, 0.15) is 26.3 Å². The summed E-state index contributed by atoms with van der Waals surface area (Å²) in [6.07, 6.45) is 2.81. The summed E-state index contributed by atoms with van der Waals surface area (Å²) in [5.41, 5.74) is -0.268. The molecule has 0 aliphatic carbocycles. The standard InChI is InChI=1S/C23H24N2O4/c1-17(2)23(3,16-24)25-21(26)15-28-22(27)13-12-18-8-7-11-20(14-18)29-19-9-5-4-6-10-19/h4-14,17H,15H2,1-3H3,(H,25,26)/b13-12+/t23-/m0/s1. The molecule has 0 aliphatic rings. The van der Waals surface area contributed by atoms with Gasteiger partial charge in [0.2, 0.25) is 0 Å². The van der Waals surface area contributed by atoms with Crippen molar-refractivity contribution in [3.8, 4) is 17.6 Å². The van der Waals surface area contributed by atoms with Crippen LogP contribution in [-0.4, -0.2) is 24.0 Å². The van der Waals surface area contributed by atoms with Crippen LogP contribution in [0.2, 0.25) is 0 Å². The van der Waals surface area contributed by atoms with Gasteiger partial charge in [0, 0.05) is 6.08 Å². The van der Waals surface area contributed by atoms with Crippen LogP contribution in [0, 0.1) is 17.2 Å². The minimum Gasteiger partial charge on any atom is -0.457 e. The number of nitriles is 1. The van der Waals surface area contributed by atoms with Crippen LogP contribution in [0.3, 0.4) is 0 Å². The molecule has 0 aromatic heterocycles. The van der Waals surface area contributed by atoms with Gasteiger partial charge in [0.15, 0.2) is 6.61 Å². The van der Waals surface area contributed by atoms with Gasteiger partial charge >= 0.3 is 5.97 Å². The summed E-state index contributed by atoms with van der Waals surface area (Å²) in [5.74, 6) is 0.0818. The van der Waals surface area contributed by atoms with Gasteiger partial charge in [0.25, 0.3) is 5.91 Å². The first-order chi connectivity index (χ1) is 13.8. The Morgan fingerprint density at radius 2 is 1.83 bits per heavy atom. The van der Waals surface area contributed by atoms with Crippen LogP contribution in [-0.2, 0) is 14.3 Å². The third-order valence-corrected chi connectivity index (χ3v) is 4.38. The maximum atomic E-state index is 11.9. The molecule has 1 amide bonds. The van der Waals surface area contributed by atoms with Crippen molar-refractivity contribution in [3.63, 3.8) is 0 Å². The van der Waals surface area contributed by atoms with E-state index >= 15 is 0 Å². The molecule has 29 heavy (non-hydrogen) atoms. The van der Waals surface area contributed by atoms with Crippen molar-refractivity contribution in [2.75, 3.05) is 6.61 Å². The van der Waals surface area contributed by atoms with Crippen LogP contribution >= 0.6 is 0 Å². The molecule has 0 saturated carbocycles. The number of hydrogen-bond acceptors (Lipinski definition) is 5. The predicted molar refractivity (Wildman–Crippen MR) is 110 cm³/mol. The van der Waals surface area contributed by atoms with E-state index in [1.54, 1.807) is 19.1 Å². The summed E-state index contributed by atoms with van der Waals surface area (Å²) in [4.78, 5) is 23.8. The second-order valence-corrected chi connectivity index (χ2v) is 6.95. The van der Waals surface area contributed by atoms with Crippen molar-refractivity contribution in [2.24, 2.45) is 5.92 Å². The van der Waals surface area contributed by atoms with Crippen molar-refractivity contribution in [2.45, 2.75) is 26.3 Å². The molecule has 0 radical (unpaired) electrons. The molecule has 6 heteroatoms. The fourth-order valence-corrected chi connectivity index (χ4v) is 2.28. The molecule has 1 N–H and O–H groups in total. The van der Waals surface area contributed by atoms with Gasteiger partial charge in [-0.05, 0) is 48.7 Å². The lowest BCUT2D eigenvalue weighted by atomic mass is 9.90. The molecule has 0 aliphatic heterocycles. The maximum Gasteiger partial charge on any atom is 0.331 e. The molecule has 0 bridgehead atoms. The van der Waals surface area contributed by atoms with E-state index in [-0.39, 0.29) is 5.92 Å². The lowest BCUT2D eigenvalue weighted by Gasteiger charge is -2.27. The summed E-state index contributed by atoms with van der Waals surface area (Å²) in [6, 6.07) is 18.7. The van der Waals surface area contributed by atoms with Gasteiger partial charge in [0.05, 0.1) is 6.07 Å². The molecule has 2 rings (SSSR count). The van der Waals surface area contributed by atoms with E-state index in [0.29, 0.717) is 11.5 Å². The molecule has 0 saturated heterocycles. The third kappa shape index (κ3) is 6.82. The lowest BCUT2D eigenvalue weighted by Crippen LogP contribution is -2.50. The first-order valence-electron chi connectivity index (χ1n) is 9.22. The van der Waals surface area contributed by atoms with Crippen molar-refractivity contribution >= 4 is 18.0 Å². The Balaban J connectivity index is 1.88. The maximum absolute atomic E-state index is 11.9. The number of benzene rings is 2. The third-order valence-electron chi connectivity index (χ3n) is 4.38. The van der Waals surface area contributed by atoms with E-state index in [0.717, 1.165) is 5.56 Å². The topological polar surface area (TPSA) is 88.4 Å². The summed E-state index contributed by atoms with van der Waals surface area (Å²) >= 11 is 0. The number of para-hydroxylation sites is 1. The van der Waals surface area contributed by atoms with E-state index in [1.165, 1.54) is 6.08 Å². The van der Waals surface area contributed by atoms with Crippen molar-refractivity contribution in [3.05, 3.63) is 66.2 Å². The highest BCUT2D eigenvalue weighted by molar-refractivity contribution is 5.89. The monoisotopic (exact) mass is 392 g/mol. The molecule has 2 aromatic carbocycles. The van der Waals surface area contributed by atoms with Crippen LogP contribution in [0.15, 0.2) is 60.7 Å². The zero-order valence-corrected chi connectivity index (χ0v) is 16.7. The minimum absolute atomic E-state index is 0.0857. The van der Waals surface area contributed by atoms with Gasteiger partial charge < -0.3 is 14.8 Å². The van der Waals surface area contributed by atoms with E-state index in [9.17, 15) is 14.9 Å². The van der Waals surface area contributed by atoms with Gasteiger partial charge in [-0.2, -0.15) is 5.26 Å². The number of rotatable bonds is 8. The quantitative estimate of drug-likeness (QED) is 0.540. The van der Waals surface area contributed by atoms with Gasteiger partial charge in [0.1, 0.15) is 17.0 Å². The second-order valence-electron chi connectivity index (χ2n) is 6.95. The van der Waals surface area contributed by atoms with Crippen LogP contribution < -0.4 is 10.1 Å². The van der Waals surface area contributed by atoms with Crippen molar-refractivity contribution in [1.82, 2.24) is 5.32 Å². The number of nitrogens with one attached hydrogen (secondary N) is 1. The van der Waals surface area contributed by atoms with Gasteiger partial charge in [-0.25, -0.2) is 4.79 Å². The molecule has 2 aromatic rings. The first kappa shape index (κ1) is 21.7. The largest absolute Gasteiger partial charge is 0.457 e. The number of esters is 1. The summed E-state index contributed by atoms with van der Waals surface area (Å²) < 4.78 is 10.7. The summed E-state index contributed by atoms with van der Waals surface area (Å²) in [7, 11) is 0. The molecule has 0 fully saturated rings. The summed E-state index contributed by atoms with van der Waals surface area (Å²) in [6.45, 7) is 4.83. The fourth-order valence-electron chi connectivity index (χ4n) is 2.28. The Morgan fingerprint density at radius 1 is 1.14 bits per heavy atom. The highest BCUT2D eigenvalue weighted by Crippen LogP contribution is 2.22. The first-order valence-corrected chi connectivity index (χ1v) is 9.22. The Bertz CT molecular complexity index is 916. The summed E-state index contributed by atoms with van der Waals surface area (Å²) in [5, 5.41) is 11.8. The zero-order valence-electron chi connectivity index (χ0n) is 16.7. The van der Waals surface area contributed by atoms with Crippen molar-refractivity contribution in [1.29, 1.82) is 5.26 Å². The average Bonchev–Trinajstić information content (AvgIpc) is 2.71. The van der Waals surface area contributed by atoms with Crippen molar-refractivity contribution < 1.29 is 19.1 Å². The smallest absolute Gasteiger partial charge is 0.331 e. The Morgan fingerprint density at radius 3 is 2.48 bits per heavy atom. The number of nitrogens with zero attached hydrogens (tertiary/aromatic N) is 1. The average molecular weight is 392 g/mol. The lowest BCUT2D eigenvalue weighted by molar-refractivity contribution is -0.144. The predicted octanol–water partition coefficient (Wildman–Crippen LogP) is 4.09. The number of carbonyl (C=O) groups is 2. The van der Waals surface area contributed by atoms with Crippen LogP contribution in [0.4, 0.5) is 0 Å². The second kappa shape index (κ2) is 10.1. The van der Waals surface area contributed by atoms with E-state index in [2.05, 4.69) is 11.4 Å². The number of amides is 1. The zero-order chi connectivity index (χ0) is 21.3. The molecular weight excluding hydrogens is 368 g/mol. The number of ether oxygens (including phenoxy) is 2. The Kier molecular flexibility index (Phi) is 7.55. The van der Waals surface area contributed by atoms with E-state index < -0.39 is 24.0 Å². The number of hydrogen-bond donors (Lipinski definition) is 1. The van der Waals surface area contributed by atoms with Crippen LogP contribution in [0.5, 0.6) is 11.5 Å². The molecule has 0 unspecified atom stereocenters. The molecule has 6 nitrogen and oxygen atoms in total. The minimum atomic E-state index is -1.02. The molecule has 0 heterocycles. The number of carbonyl (C=O) groups excluding carboxylic acids is 2. The normalized spacial score (nSPS) is 12.8. The molecule has 150 valence electrons. The van der Waals surface area contributed by atoms with Gasteiger partial charge in [-0.15, -0.1) is 0 Å². The Hall–Kier alpha value is -3.59. The molecular formula is C23H24N2O4. The fraction of sp³-hybridized carbons (Fsp3) is 0.261. The van der Waals surface area contributed by atoms with Crippen LogP contribution in [0.25, 0.3) is 6.08 Å². The SMILES string of the molecule is CC(C)[C@](C)(C#N)NC(=O)COC(=O)/C=C/c1cccc(Oc2ccccc2)c1. The Labute approximate surface area is 170 Å². The molecule has 0 spiro atoms.